The lowest BCUT2D eigenvalue weighted by Gasteiger charge is -2.25. The molecule has 4 nitrogen and oxygen atoms in total. The third kappa shape index (κ3) is 1.72. The Morgan fingerprint density at radius 2 is 2.15 bits per heavy atom. The summed E-state index contributed by atoms with van der Waals surface area (Å²) >= 11 is 0. The van der Waals surface area contributed by atoms with Gasteiger partial charge in [0.1, 0.15) is 0 Å². The van der Waals surface area contributed by atoms with E-state index in [0.717, 1.165) is 18.7 Å². The van der Waals surface area contributed by atoms with Gasteiger partial charge in [0.2, 0.25) is 5.89 Å². The van der Waals surface area contributed by atoms with Crippen LogP contribution in [0.15, 0.2) is 4.52 Å². The van der Waals surface area contributed by atoms with Gasteiger partial charge in [0.05, 0.1) is 5.92 Å². The highest BCUT2D eigenvalue weighted by Crippen LogP contribution is 2.30. The van der Waals surface area contributed by atoms with Crippen LogP contribution in [0.5, 0.6) is 0 Å². The molecule has 13 heavy (non-hydrogen) atoms. The Balaban J connectivity index is 2.14. The van der Waals surface area contributed by atoms with Crippen LogP contribution < -0.4 is 5.73 Å². The molecule has 2 rings (SSSR count). The molecule has 1 aromatic rings. The fourth-order valence-corrected chi connectivity index (χ4v) is 1.93. The van der Waals surface area contributed by atoms with E-state index in [2.05, 4.69) is 10.1 Å². The van der Waals surface area contributed by atoms with Crippen LogP contribution in [0.3, 0.4) is 0 Å². The molecular weight excluding hydrogens is 166 g/mol. The van der Waals surface area contributed by atoms with E-state index in [-0.39, 0.29) is 12.0 Å². The molecule has 2 N–H and O–H groups in total. The number of hydrogen-bond acceptors (Lipinski definition) is 4. The molecule has 2 atom stereocenters. The topological polar surface area (TPSA) is 64.9 Å². The molecular formula is C9H15N3O. The standard InChI is InChI=1S/C9H15N3O/c1-6-11-9(13-12-6)7-4-2-3-5-8(7)10/h7-8H,2-5,10H2,1H3. The van der Waals surface area contributed by atoms with Crippen LogP contribution in [-0.4, -0.2) is 16.2 Å². The van der Waals surface area contributed by atoms with E-state index in [1.54, 1.807) is 0 Å². The first-order valence-electron chi connectivity index (χ1n) is 4.83. The van der Waals surface area contributed by atoms with Gasteiger partial charge in [-0.1, -0.05) is 18.0 Å². The molecule has 0 aromatic carbocycles. The maximum absolute atomic E-state index is 5.99. The van der Waals surface area contributed by atoms with Gasteiger partial charge in [-0.25, -0.2) is 0 Å². The van der Waals surface area contributed by atoms with Crippen LogP contribution in [0.1, 0.15) is 43.3 Å². The minimum Gasteiger partial charge on any atom is -0.339 e. The van der Waals surface area contributed by atoms with Crippen LogP contribution in [-0.2, 0) is 0 Å². The molecule has 0 radical (unpaired) electrons. The second-order valence-corrected chi connectivity index (χ2v) is 3.73. The molecule has 0 saturated heterocycles. The molecule has 1 saturated carbocycles. The summed E-state index contributed by atoms with van der Waals surface area (Å²) < 4.78 is 5.13. The average molecular weight is 181 g/mol. The highest BCUT2D eigenvalue weighted by Gasteiger charge is 2.27. The van der Waals surface area contributed by atoms with Gasteiger partial charge in [-0.3, -0.25) is 0 Å². The Labute approximate surface area is 77.5 Å². The van der Waals surface area contributed by atoms with Gasteiger partial charge in [-0.15, -0.1) is 0 Å². The SMILES string of the molecule is Cc1noc(C2CCCCC2N)n1. The van der Waals surface area contributed by atoms with Crippen molar-refractivity contribution in [1.29, 1.82) is 0 Å². The van der Waals surface area contributed by atoms with Crippen molar-refractivity contribution in [3.05, 3.63) is 11.7 Å². The van der Waals surface area contributed by atoms with E-state index < -0.39 is 0 Å². The minimum absolute atomic E-state index is 0.202. The zero-order valence-corrected chi connectivity index (χ0v) is 7.86. The van der Waals surface area contributed by atoms with Crippen molar-refractivity contribution in [2.24, 2.45) is 5.73 Å². The number of nitrogens with two attached hydrogens (primary N) is 1. The monoisotopic (exact) mass is 181 g/mol. The molecule has 0 spiro atoms. The van der Waals surface area contributed by atoms with Gasteiger partial charge in [-0.05, 0) is 19.8 Å². The van der Waals surface area contributed by atoms with Crippen molar-refractivity contribution in [2.75, 3.05) is 0 Å². The van der Waals surface area contributed by atoms with Gasteiger partial charge in [-0.2, -0.15) is 4.98 Å². The maximum atomic E-state index is 5.99. The van der Waals surface area contributed by atoms with Crippen LogP contribution in [0.4, 0.5) is 0 Å². The molecule has 72 valence electrons. The number of nitrogens with zero attached hydrogens (tertiary/aromatic N) is 2. The number of rotatable bonds is 1. The molecule has 0 aliphatic heterocycles. The molecule has 1 aromatic heterocycles. The first-order valence-corrected chi connectivity index (χ1v) is 4.83. The van der Waals surface area contributed by atoms with Crippen molar-refractivity contribution in [3.8, 4) is 0 Å². The lowest BCUT2D eigenvalue weighted by Crippen LogP contribution is -2.31. The van der Waals surface area contributed by atoms with E-state index >= 15 is 0 Å². The highest BCUT2D eigenvalue weighted by atomic mass is 16.5. The summed E-state index contributed by atoms with van der Waals surface area (Å²) in [5.41, 5.74) is 5.99. The van der Waals surface area contributed by atoms with Crippen LogP contribution >= 0.6 is 0 Å². The second-order valence-electron chi connectivity index (χ2n) is 3.73. The van der Waals surface area contributed by atoms with Crippen molar-refractivity contribution in [1.82, 2.24) is 10.1 Å². The van der Waals surface area contributed by atoms with Crippen LogP contribution in [0.2, 0.25) is 0 Å². The van der Waals surface area contributed by atoms with Crippen molar-refractivity contribution >= 4 is 0 Å². The Hall–Kier alpha value is -0.900. The molecule has 0 amide bonds. The minimum atomic E-state index is 0.202. The zero-order valence-electron chi connectivity index (χ0n) is 7.86. The predicted octanol–water partition coefficient (Wildman–Crippen LogP) is 1.36. The Bertz CT molecular complexity index is 284. The Morgan fingerprint density at radius 1 is 1.38 bits per heavy atom. The highest BCUT2D eigenvalue weighted by molar-refractivity contribution is 4.99. The molecule has 0 bridgehead atoms. The second kappa shape index (κ2) is 3.46. The maximum Gasteiger partial charge on any atom is 0.231 e. The first kappa shape index (κ1) is 8.69. The molecule has 1 fully saturated rings. The van der Waals surface area contributed by atoms with Crippen LogP contribution in [0.25, 0.3) is 0 Å². The fourth-order valence-electron chi connectivity index (χ4n) is 1.93. The molecule has 1 aliphatic rings. The summed E-state index contributed by atoms with van der Waals surface area (Å²) in [6, 6.07) is 0.202. The summed E-state index contributed by atoms with van der Waals surface area (Å²) in [6.45, 7) is 1.83. The van der Waals surface area contributed by atoms with E-state index in [1.165, 1.54) is 12.8 Å². The quantitative estimate of drug-likeness (QED) is 0.710. The van der Waals surface area contributed by atoms with Gasteiger partial charge in [0, 0.05) is 6.04 Å². The number of aromatic nitrogens is 2. The molecule has 2 unspecified atom stereocenters. The summed E-state index contributed by atoms with van der Waals surface area (Å²) in [6.07, 6.45) is 4.61. The number of aryl methyl sites for hydroxylation is 1. The van der Waals surface area contributed by atoms with Gasteiger partial charge in [0.25, 0.3) is 0 Å². The fraction of sp³-hybridized carbons (Fsp3) is 0.778. The summed E-state index contributed by atoms with van der Waals surface area (Å²) in [4.78, 5) is 4.23. The van der Waals surface area contributed by atoms with Crippen molar-refractivity contribution < 1.29 is 4.52 Å². The lowest BCUT2D eigenvalue weighted by atomic mass is 9.85. The van der Waals surface area contributed by atoms with Crippen LogP contribution in [0, 0.1) is 6.92 Å². The van der Waals surface area contributed by atoms with Gasteiger partial charge < -0.3 is 10.3 Å². The van der Waals surface area contributed by atoms with E-state index in [1.807, 2.05) is 6.92 Å². The Morgan fingerprint density at radius 3 is 2.77 bits per heavy atom. The van der Waals surface area contributed by atoms with E-state index in [4.69, 9.17) is 10.3 Å². The van der Waals surface area contributed by atoms with Crippen molar-refractivity contribution in [3.63, 3.8) is 0 Å². The molecule has 1 heterocycles. The first-order chi connectivity index (χ1) is 6.27. The summed E-state index contributed by atoms with van der Waals surface area (Å²) in [7, 11) is 0. The molecule has 4 heteroatoms. The zero-order chi connectivity index (χ0) is 9.26. The summed E-state index contributed by atoms with van der Waals surface area (Å²) in [5.74, 6) is 1.72. The molecule has 1 aliphatic carbocycles. The third-order valence-electron chi connectivity index (χ3n) is 2.68. The van der Waals surface area contributed by atoms with E-state index in [0.29, 0.717) is 5.82 Å². The largest absolute Gasteiger partial charge is 0.339 e. The number of hydrogen-bond donors (Lipinski definition) is 1. The van der Waals surface area contributed by atoms with Crippen molar-refractivity contribution in [2.45, 2.75) is 44.6 Å². The lowest BCUT2D eigenvalue weighted by molar-refractivity contribution is 0.289. The third-order valence-corrected chi connectivity index (χ3v) is 2.68. The summed E-state index contributed by atoms with van der Waals surface area (Å²) in [5, 5.41) is 3.78. The average Bonchev–Trinajstić information content (AvgIpc) is 2.53. The predicted molar refractivity (Wildman–Crippen MR) is 48.2 cm³/mol. The smallest absolute Gasteiger partial charge is 0.231 e. The van der Waals surface area contributed by atoms with E-state index in [9.17, 15) is 0 Å². The van der Waals surface area contributed by atoms with Gasteiger partial charge >= 0.3 is 0 Å². The Kier molecular flexibility index (Phi) is 2.31. The normalized spacial score (nSPS) is 29.1. The van der Waals surface area contributed by atoms with Gasteiger partial charge in [0.15, 0.2) is 5.82 Å².